The quantitative estimate of drug-likeness (QED) is 0.679. The van der Waals surface area contributed by atoms with Crippen LogP contribution in [-0.4, -0.2) is 32.6 Å². The fourth-order valence-corrected chi connectivity index (χ4v) is 2.26. The standard InChI is InChI=1S/C14H20N4O2/c1-3-15-6-8-17(12-15)14(11-20,5-10-19)18-9-7-16(4-2)13-18/h3-4,6-9,12-13,19-20H,1-2,5,10-11H2/q+2. The van der Waals surface area contributed by atoms with Crippen molar-refractivity contribution in [3.8, 4) is 0 Å². The highest BCUT2D eigenvalue weighted by molar-refractivity contribution is 5.13. The van der Waals surface area contributed by atoms with E-state index in [-0.39, 0.29) is 13.2 Å². The number of aliphatic hydroxyl groups excluding tert-OH is 2. The van der Waals surface area contributed by atoms with Gasteiger partial charge in [-0.1, -0.05) is 13.2 Å². The van der Waals surface area contributed by atoms with E-state index in [1.807, 2.05) is 46.6 Å². The third kappa shape index (κ3) is 2.31. The number of hydrogen-bond donors (Lipinski definition) is 2. The summed E-state index contributed by atoms with van der Waals surface area (Å²) < 4.78 is 7.29. The van der Waals surface area contributed by atoms with Crippen molar-refractivity contribution in [3.05, 3.63) is 50.6 Å². The van der Waals surface area contributed by atoms with Crippen molar-refractivity contribution in [2.45, 2.75) is 12.1 Å². The van der Waals surface area contributed by atoms with Crippen LogP contribution in [0.4, 0.5) is 0 Å². The summed E-state index contributed by atoms with van der Waals surface area (Å²) in [7, 11) is 0. The third-order valence-corrected chi connectivity index (χ3v) is 3.46. The Balaban J connectivity index is 2.53. The van der Waals surface area contributed by atoms with Crippen LogP contribution in [0.15, 0.2) is 50.6 Å². The van der Waals surface area contributed by atoms with Crippen molar-refractivity contribution < 1.29 is 19.3 Å². The Hall–Kier alpha value is -2.18. The van der Waals surface area contributed by atoms with Crippen molar-refractivity contribution in [3.63, 3.8) is 0 Å². The Bertz CT molecular complexity index is 554. The summed E-state index contributed by atoms with van der Waals surface area (Å²) >= 11 is 0. The van der Waals surface area contributed by atoms with E-state index >= 15 is 0 Å². The zero-order chi connectivity index (χ0) is 14.6. The zero-order valence-corrected chi connectivity index (χ0v) is 11.3. The SMILES string of the molecule is C=Cn1cc[n+](C(CO)(CCO)[n+]2ccn(C=C)c2)c1. The van der Waals surface area contributed by atoms with Gasteiger partial charge in [0.25, 0.3) is 18.3 Å². The van der Waals surface area contributed by atoms with Crippen LogP contribution in [0.25, 0.3) is 12.4 Å². The molecule has 2 rings (SSSR count). The first-order valence-corrected chi connectivity index (χ1v) is 6.35. The topological polar surface area (TPSA) is 58.1 Å². The van der Waals surface area contributed by atoms with E-state index in [2.05, 4.69) is 13.2 Å². The van der Waals surface area contributed by atoms with Gasteiger partial charge in [-0.25, -0.2) is 9.13 Å². The minimum atomic E-state index is -0.780. The van der Waals surface area contributed by atoms with E-state index < -0.39 is 5.66 Å². The summed E-state index contributed by atoms with van der Waals surface area (Å²) in [5.41, 5.74) is -0.780. The number of aliphatic hydroxyl groups is 2. The van der Waals surface area contributed by atoms with Crippen LogP contribution in [0.1, 0.15) is 6.42 Å². The molecule has 0 aliphatic heterocycles. The predicted octanol–water partition coefficient (Wildman–Crippen LogP) is -0.359. The highest BCUT2D eigenvalue weighted by Gasteiger charge is 2.42. The summed E-state index contributed by atoms with van der Waals surface area (Å²) in [4.78, 5) is 0. The number of nitrogens with zero attached hydrogens (tertiary/aromatic N) is 4. The lowest BCUT2D eigenvalue weighted by molar-refractivity contribution is -0.996. The van der Waals surface area contributed by atoms with E-state index in [9.17, 15) is 10.2 Å². The van der Waals surface area contributed by atoms with Crippen molar-refractivity contribution in [2.75, 3.05) is 13.2 Å². The van der Waals surface area contributed by atoms with Crippen molar-refractivity contribution in [2.24, 2.45) is 0 Å². The maximum atomic E-state index is 9.96. The van der Waals surface area contributed by atoms with Gasteiger partial charge in [0, 0.05) is 0 Å². The monoisotopic (exact) mass is 276 g/mol. The first kappa shape index (κ1) is 14.2. The molecule has 2 N–H and O–H groups in total. The molecule has 2 aromatic rings. The summed E-state index contributed by atoms with van der Waals surface area (Å²) in [6.07, 6.45) is 14.7. The average molecular weight is 276 g/mol. The van der Waals surface area contributed by atoms with Crippen molar-refractivity contribution in [1.82, 2.24) is 9.13 Å². The second-order valence-electron chi connectivity index (χ2n) is 4.52. The molecule has 0 saturated heterocycles. The maximum absolute atomic E-state index is 9.96. The van der Waals surface area contributed by atoms with E-state index in [0.717, 1.165) is 0 Å². The summed E-state index contributed by atoms with van der Waals surface area (Å²) in [6.45, 7) is 7.21. The van der Waals surface area contributed by atoms with Gasteiger partial charge in [-0.05, 0) is 0 Å². The molecule has 0 saturated carbocycles. The van der Waals surface area contributed by atoms with Gasteiger partial charge in [0.15, 0.2) is 0 Å². The van der Waals surface area contributed by atoms with Crippen LogP contribution in [0, 0.1) is 0 Å². The van der Waals surface area contributed by atoms with Crippen LogP contribution < -0.4 is 9.13 Å². The molecule has 0 radical (unpaired) electrons. The Morgan fingerprint density at radius 1 is 1.00 bits per heavy atom. The van der Waals surface area contributed by atoms with Crippen LogP contribution in [0.5, 0.6) is 0 Å². The predicted molar refractivity (Wildman–Crippen MR) is 74.2 cm³/mol. The number of aromatic nitrogens is 4. The molecular formula is C14H20N4O2+2. The highest BCUT2D eigenvalue weighted by Crippen LogP contribution is 2.09. The van der Waals surface area contributed by atoms with Crippen molar-refractivity contribution in [1.29, 1.82) is 0 Å². The van der Waals surface area contributed by atoms with Gasteiger partial charge in [-0.2, -0.15) is 9.13 Å². The molecule has 2 heterocycles. The van der Waals surface area contributed by atoms with Gasteiger partial charge in [0.05, 0.1) is 25.4 Å². The lowest BCUT2D eigenvalue weighted by Gasteiger charge is -2.24. The van der Waals surface area contributed by atoms with Crippen LogP contribution in [0.3, 0.4) is 0 Å². The Labute approximate surface area is 117 Å². The average Bonchev–Trinajstić information content (AvgIpc) is 3.13. The Morgan fingerprint density at radius 2 is 1.50 bits per heavy atom. The van der Waals surface area contributed by atoms with E-state index in [1.165, 1.54) is 0 Å². The van der Waals surface area contributed by atoms with E-state index in [4.69, 9.17) is 0 Å². The number of rotatable bonds is 7. The molecule has 0 amide bonds. The normalized spacial score (nSPS) is 11.5. The second-order valence-corrected chi connectivity index (χ2v) is 4.52. The molecule has 0 aliphatic carbocycles. The molecule has 6 nitrogen and oxygen atoms in total. The Morgan fingerprint density at radius 3 is 1.80 bits per heavy atom. The molecule has 0 atom stereocenters. The first-order valence-electron chi connectivity index (χ1n) is 6.35. The summed E-state index contributed by atoms with van der Waals surface area (Å²) in [5, 5.41) is 19.3. The summed E-state index contributed by atoms with van der Waals surface area (Å²) in [5.74, 6) is 0. The molecule has 0 spiro atoms. The van der Waals surface area contributed by atoms with Gasteiger partial charge in [-0.3, -0.25) is 0 Å². The van der Waals surface area contributed by atoms with E-state index in [0.29, 0.717) is 6.42 Å². The molecule has 20 heavy (non-hydrogen) atoms. The minimum absolute atomic E-state index is 0.0426. The molecule has 106 valence electrons. The smallest absolute Gasteiger partial charge is 0.277 e. The fraction of sp³-hybridized carbons (Fsp3) is 0.286. The van der Waals surface area contributed by atoms with Crippen LogP contribution in [0.2, 0.25) is 0 Å². The van der Waals surface area contributed by atoms with Gasteiger partial charge in [-0.15, -0.1) is 0 Å². The highest BCUT2D eigenvalue weighted by atomic mass is 16.3. The molecule has 0 unspecified atom stereocenters. The van der Waals surface area contributed by atoms with E-state index in [1.54, 1.807) is 21.5 Å². The molecule has 0 fully saturated rings. The molecule has 0 aromatic carbocycles. The first-order chi connectivity index (χ1) is 9.70. The van der Waals surface area contributed by atoms with Crippen LogP contribution in [-0.2, 0) is 5.66 Å². The van der Waals surface area contributed by atoms with Crippen molar-refractivity contribution >= 4 is 12.4 Å². The molecule has 6 heteroatoms. The Kier molecular flexibility index (Phi) is 4.16. The van der Waals surface area contributed by atoms with Crippen LogP contribution >= 0.6 is 0 Å². The number of imidazole rings is 2. The molecule has 0 aliphatic rings. The molecule has 0 bridgehead atoms. The zero-order valence-electron chi connectivity index (χ0n) is 11.3. The van der Waals surface area contributed by atoms with Gasteiger partial charge >= 0.3 is 0 Å². The van der Waals surface area contributed by atoms with Gasteiger partial charge in [0.2, 0.25) is 0 Å². The lowest BCUT2D eigenvalue weighted by Crippen LogP contribution is -2.74. The third-order valence-electron chi connectivity index (χ3n) is 3.46. The van der Waals surface area contributed by atoms with Gasteiger partial charge in [0.1, 0.15) is 31.4 Å². The largest absolute Gasteiger partial charge is 0.396 e. The second kappa shape index (κ2) is 5.85. The van der Waals surface area contributed by atoms with Gasteiger partial charge < -0.3 is 10.2 Å². The fourth-order valence-electron chi connectivity index (χ4n) is 2.26. The molecule has 2 aromatic heterocycles. The minimum Gasteiger partial charge on any atom is -0.396 e. The maximum Gasteiger partial charge on any atom is 0.277 e. The summed E-state index contributed by atoms with van der Waals surface area (Å²) in [6, 6.07) is 0. The lowest BCUT2D eigenvalue weighted by atomic mass is 10.1. The number of hydrogen-bond acceptors (Lipinski definition) is 2. The molecular weight excluding hydrogens is 256 g/mol.